The van der Waals surface area contributed by atoms with Crippen molar-refractivity contribution in [1.29, 1.82) is 0 Å². The van der Waals surface area contributed by atoms with Crippen molar-refractivity contribution >= 4 is 0 Å². The van der Waals surface area contributed by atoms with Gasteiger partial charge in [-0.05, 0) is 62.7 Å². The van der Waals surface area contributed by atoms with E-state index in [1.165, 1.54) is 128 Å². The lowest BCUT2D eigenvalue weighted by Gasteiger charge is -2.26. The third-order valence-electron chi connectivity index (χ3n) is 8.98. The van der Waals surface area contributed by atoms with Crippen molar-refractivity contribution in [2.75, 3.05) is 0 Å². The molecule has 3 atom stereocenters. The van der Waals surface area contributed by atoms with E-state index in [-0.39, 0.29) is 5.41 Å². The summed E-state index contributed by atoms with van der Waals surface area (Å²) in [6.45, 7) is 24.0. The van der Waals surface area contributed by atoms with Gasteiger partial charge in [0.15, 0.2) is 0 Å². The van der Waals surface area contributed by atoms with E-state index in [2.05, 4.69) is 81.1 Å². The third-order valence-corrected chi connectivity index (χ3v) is 8.98. The molecule has 0 aromatic carbocycles. The van der Waals surface area contributed by atoms with Crippen LogP contribution in [0.15, 0.2) is 0 Å². The highest BCUT2D eigenvalue weighted by Gasteiger charge is 2.20. The highest BCUT2D eigenvalue weighted by molar-refractivity contribution is 5.10. The van der Waals surface area contributed by atoms with E-state index in [1.54, 1.807) is 0 Å². The lowest BCUT2D eigenvalue weighted by molar-refractivity contribution is 0.269. The fourth-order valence-corrected chi connectivity index (χ4v) is 5.90. The monoisotopic (exact) mass is 531 g/mol. The molecule has 0 rings (SSSR count). The van der Waals surface area contributed by atoms with Crippen molar-refractivity contribution < 1.29 is 0 Å². The zero-order valence-electron chi connectivity index (χ0n) is 28.5. The SMILES string of the molecule is CCCCCCCCCC(C)(C)CCCC(C)(C)C#CC(C)CCCC(C)CCCC(C)CCCC(C)C. The van der Waals surface area contributed by atoms with Gasteiger partial charge in [0, 0.05) is 11.3 Å². The van der Waals surface area contributed by atoms with Crippen molar-refractivity contribution in [3.8, 4) is 11.8 Å². The standard InChI is InChI=1S/C38H74/c1-11-12-13-14-15-16-17-29-37(7,8)30-21-31-38(9,10)32-28-36(6)27-20-26-35(5)25-19-24-34(4)23-18-22-33(2)3/h33-36H,11-27,29-31H2,1-10H3. The molecule has 0 heterocycles. The summed E-state index contributed by atoms with van der Waals surface area (Å²) >= 11 is 0. The maximum absolute atomic E-state index is 3.68. The van der Waals surface area contributed by atoms with Gasteiger partial charge in [-0.3, -0.25) is 0 Å². The lowest BCUT2D eigenvalue weighted by Crippen LogP contribution is -2.14. The first-order chi connectivity index (χ1) is 17.9. The maximum atomic E-state index is 3.68. The molecule has 0 nitrogen and oxygen atoms in total. The normalized spacial score (nSPS) is 14.8. The maximum Gasteiger partial charge on any atom is 0.0258 e. The second-order valence-corrected chi connectivity index (χ2v) is 15.3. The lowest BCUT2D eigenvalue weighted by atomic mass is 9.79. The minimum Gasteiger partial charge on any atom is -0.0996 e. The average molecular weight is 531 g/mol. The smallest absolute Gasteiger partial charge is 0.0258 e. The summed E-state index contributed by atoms with van der Waals surface area (Å²) in [5, 5.41) is 0. The molecule has 0 heteroatoms. The molecule has 0 aromatic rings. The molecule has 0 radical (unpaired) electrons. The van der Waals surface area contributed by atoms with Crippen molar-refractivity contribution in [3.63, 3.8) is 0 Å². The van der Waals surface area contributed by atoms with Crippen LogP contribution in [-0.2, 0) is 0 Å². The molecular weight excluding hydrogens is 456 g/mol. The Balaban J connectivity index is 4.03. The van der Waals surface area contributed by atoms with E-state index in [0.717, 1.165) is 17.8 Å². The molecule has 0 fully saturated rings. The van der Waals surface area contributed by atoms with Crippen LogP contribution >= 0.6 is 0 Å². The predicted molar refractivity (Wildman–Crippen MR) is 176 cm³/mol. The molecule has 0 saturated carbocycles. The van der Waals surface area contributed by atoms with Crippen molar-refractivity contribution in [2.24, 2.45) is 34.5 Å². The Labute approximate surface area is 243 Å². The summed E-state index contributed by atoms with van der Waals surface area (Å²) in [4.78, 5) is 0. The van der Waals surface area contributed by atoms with Gasteiger partial charge >= 0.3 is 0 Å². The van der Waals surface area contributed by atoms with Crippen molar-refractivity contribution in [1.82, 2.24) is 0 Å². The molecule has 0 N–H and O–H groups in total. The molecule has 3 unspecified atom stereocenters. The molecule has 226 valence electrons. The largest absolute Gasteiger partial charge is 0.0996 e. The van der Waals surface area contributed by atoms with Crippen LogP contribution in [-0.4, -0.2) is 0 Å². The topological polar surface area (TPSA) is 0 Å². The first kappa shape index (κ1) is 37.6. The molecule has 0 spiro atoms. The zero-order valence-corrected chi connectivity index (χ0v) is 28.5. The van der Waals surface area contributed by atoms with Gasteiger partial charge in [0.2, 0.25) is 0 Å². The van der Waals surface area contributed by atoms with Crippen LogP contribution in [0, 0.1) is 46.3 Å². The van der Waals surface area contributed by atoms with Crippen LogP contribution in [0.5, 0.6) is 0 Å². The van der Waals surface area contributed by atoms with E-state index in [0.29, 0.717) is 11.3 Å². The van der Waals surface area contributed by atoms with E-state index in [1.807, 2.05) is 0 Å². The number of hydrogen-bond donors (Lipinski definition) is 0. The predicted octanol–water partition coefficient (Wildman–Crippen LogP) is 13.4. The van der Waals surface area contributed by atoms with Gasteiger partial charge in [-0.1, -0.05) is 170 Å². The Kier molecular flexibility index (Phi) is 22.0. The second kappa shape index (κ2) is 22.3. The summed E-state index contributed by atoms with van der Waals surface area (Å²) in [7, 11) is 0. The number of rotatable bonds is 24. The van der Waals surface area contributed by atoms with Gasteiger partial charge in [-0.2, -0.15) is 0 Å². The van der Waals surface area contributed by atoms with E-state index >= 15 is 0 Å². The summed E-state index contributed by atoms with van der Waals surface area (Å²) in [6.07, 6.45) is 27.7. The highest BCUT2D eigenvalue weighted by atomic mass is 14.3. The first-order valence-electron chi connectivity index (χ1n) is 17.4. The Morgan fingerprint density at radius 1 is 0.500 bits per heavy atom. The number of unbranched alkanes of at least 4 members (excludes halogenated alkanes) is 6. The van der Waals surface area contributed by atoms with Gasteiger partial charge in [0.1, 0.15) is 0 Å². The minimum atomic E-state index is 0.156. The van der Waals surface area contributed by atoms with Gasteiger partial charge in [-0.25, -0.2) is 0 Å². The molecule has 0 amide bonds. The van der Waals surface area contributed by atoms with Crippen LogP contribution in [0.25, 0.3) is 0 Å². The summed E-state index contributed by atoms with van der Waals surface area (Å²) in [5.41, 5.74) is 0.644. The van der Waals surface area contributed by atoms with E-state index in [9.17, 15) is 0 Å². The Morgan fingerprint density at radius 3 is 1.53 bits per heavy atom. The summed E-state index contributed by atoms with van der Waals surface area (Å²) in [6, 6.07) is 0. The summed E-state index contributed by atoms with van der Waals surface area (Å²) < 4.78 is 0. The van der Waals surface area contributed by atoms with Gasteiger partial charge in [-0.15, -0.1) is 0 Å². The zero-order chi connectivity index (χ0) is 28.9. The van der Waals surface area contributed by atoms with Crippen molar-refractivity contribution in [3.05, 3.63) is 0 Å². The molecule has 0 aliphatic rings. The van der Waals surface area contributed by atoms with Gasteiger partial charge in [0.25, 0.3) is 0 Å². The quantitative estimate of drug-likeness (QED) is 0.0859. The van der Waals surface area contributed by atoms with Crippen LogP contribution < -0.4 is 0 Å². The Bertz CT molecular complexity index is 583. The second-order valence-electron chi connectivity index (χ2n) is 15.3. The van der Waals surface area contributed by atoms with Crippen LogP contribution in [0.2, 0.25) is 0 Å². The summed E-state index contributed by atoms with van der Waals surface area (Å²) in [5.74, 6) is 10.5. The van der Waals surface area contributed by atoms with Gasteiger partial charge in [0.05, 0.1) is 0 Å². The van der Waals surface area contributed by atoms with Gasteiger partial charge < -0.3 is 0 Å². The average Bonchev–Trinajstić information content (AvgIpc) is 2.81. The molecule has 38 heavy (non-hydrogen) atoms. The van der Waals surface area contributed by atoms with Crippen LogP contribution in [0.4, 0.5) is 0 Å². The fourth-order valence-electron chi connectivity index (χ4n) is 5.90. The molecule has 0 aliphatic heterocycles. The van der Waals surface area contributed by atoms with Crippen LogP contribution in [0.3, 0.4) is 0 Å². The first-order valence-corrected chi connectivity index (χ1v) is 17.4. The molecule has 0 bridgehead atoms. The van der Waals surface area contributed by atoms with Crippen molar-refractivity contribution in [2.45, 2.75) is 198 Å². The Hall–Kier alpha value is -0.440. The fraction of sp³-hybridized carbons (Fsp3) is 0.947. The van der Waals surface area contributed by atoms with E-state index < -0.39 is 0 Å². The molecule has 0 aromatic heterocycles. The Morgan fingerprint density at radius 2 is 0.974 bits per heavy atom. The van der Waals surface area contributed by atoms with Crippen LogP contribution in [0.1, 0.15) is 198 Å². The molecular formula is C38H74. The minimum absolute atomic E-state index is 0.156. The molecule has 0 saturated heterocycles. The molecule has 0 aliphatic carbocycles. The third kappa shape index (κ3) is 24.6. The van der Waals surface area contributed by atoms with E-state index in [4.69, 9.17) is 0 Å². The number of hydrogen-bond acceptors (Lipinski definition) is 0. The highest BCUT2D eigenvalue weighted by Crippen LogP contribution is 2.33.